The van der Waals surface area contributed by atoms with Gasteiger partial charge in [-0.2, -0.15) is 8.42 Å². The highest BCUT2D eigenvalue weighted by Gasteiger charge is 2.16. The molecule has 0 aromatic rings. The lowest BCUT2D eigenvalue weighted by atomic mass is 10.3. The Morgan fingerprint density at radius 1 is 1.13 bits per heavy atom. The molecule has 0 saturated carbocycles. The van der Waals surface area contributed by atoms with E-state index in [1.165, 1.54) is 0 Å². The number of nitrogens with zero attached hydrogens (tertiary/aromatic N) is 1. The number of amides is 1. The molecule has 0 bridgehead atoms. The number of nitrogens with one attached hydrogen (secondary N) is 1. The Morgan fingerprint density at radius 2 is 1.83 bits per heavy atom. The zero-order valence-corrected chi connectivity index (χ0v) is 15.2. The van der Waals surface area contributed by atoms with Crippen molar-refractivity contribution in [3.63, 3.8) is 0 Å². The number of ether oxygens (including phenoxy) is 2. The van der Waals surface area contributed by atoms with Gasteiger partial charge in [0.1, 0.15) is 13.2 Å². The van der Waals surface area contributed by atoms with Crippen LogP contribution in [0.4, 0.5) is 4.79 Å². The van der Waals surface area contributed by atoms with Crippen molar-refractivity contribution in [2.45, 2.75) is 26.2 Å². The molecule has 1 amide bonds. The first kappa shape index (κ1) is 22.1. The minimum absolute atomic E-state index is 0.203. The average molecular weight is 355 g/mol. The first-order valence-corrected chi connectivity index (χ1v) is 9.53. The van der Waals surface area contributed by atoms with Crippen molar-refractivity contribution >= 4 is 16.2 Å². The fraction of sp³-hybridized carbons (Fsp3) is 0.929. The second-order valence-electron chi connectivity index (χ2n) is 6.05. The summed E-state index contributed by atoms with van der Waals surface area (Å²) in [5, 5.41) is 2.64. The van der Waals surface area contributed by atoms with E-state index < -0.39 is 16.2 Å². The van der Waals surface area contributed by atoms with Gasteiger partial charge >= 0.3 is 6.09 Å². The molecule has 0 unspecified atom stereocenters. The molecule has 0 atom stereocenters. The van der Waals surface area contributed by atoms with Crippen LogP contribution in [0.25, 0.3) is 0 Å². The van der Waals surface area contributed by atoms with Gasteiger partial charge in [-0.15, -0.1) is 0 Å². The molecule has 0 rings (SSSR count). The van der Waals surface area contributed by atoms with Crippen LogP contribution in [0.1, 0.15) is 26.2 Å². The predicted octanol–water partition coefficient (Wildman–Crippen LogP) is 0.884. The zero-order valence-electron chi connectivity index (χ0n) is 14.4. The van der Waals surface area contributed by atoms with E-state index in [9.17, 15) is 13.2 Å². The van der Waals surface area contributed by atoms with E-state index >= 15 is 0 Å². The molecule has 0 fully saturated rings. The summed E-state index contributed by atoms with van der Waals surface area (Å²) in [4.78, 5) is 11.2. The molecule has 0 heterocycles. The van der Waals surface area contributed by atoms with Crippen molar-refractivity contribution < 1.29 is 31.7 Å². The van der Waals surface area contributed by atoms with Crippen LogP contribution in [0.2, 0.25) is 0 Å². The standard InChI is InChI=1S/C14H30N2O6S/c1-4-5-7-15-14(17)22-12-11-21-10-9-16(2,3)8-6-13-23(18,19)20/h4-13H2,1-3H3,(H-,15,17,18,19,20)/p+1. The van der Waals surface area contributed by atoms with Crippen LogP contribution in [0, 0.1) is 0 Å². The molecule has 0 aliphatic carbocycles. The molecule has 0 saturated heterocycles. The van der Waals surface area contributed by atoms with E-state index in [1.54, 1.807) is 0 Å². The van der Waals surface area contributed by atoms with Gasteiger partial charge in [0.2, 0.25) is 0 Å². The maximum atomic E-state index is 11.2. The quantitative estimate of drug-likeness (QED) is 0.289. The lowest BCUT2D eigenvalue weighted by molar-refractivity contribution is -0.890. The summed E-state index contributed by atoms with van der Waals surface area (Å²) >= 11 is 0. The van der Waals surface area contributed by atoms with Crippen molar-refractivity contribution in [1.82, 2.24) is 5.32 Å². The summed E-state index contributed by atoms with van der Waals surface area (Å²) in [5.41, 5.74) is 0. The number of hydrogen-bond donors (Lipinski definition) is 2. The van der Waals surface area contributed by atoms with Gasteiger partial charge in [0.15, 0.2) is 0 Å². The number of hydrogen-bond acceptors (Lipinski definition) is 5. The topological polar surface area (TPSA) is 102 Å². The van der Waals surface area contributed by atoms with Gasteiger partial charge in [0.05, 0.1) is 39.6 Å². The molecule has 0 spiro atoms. The number of alkyl carbamates (subject to hydrolysis) is 1. The summed E-state index contributed by atoms with van der Waals surface area (Å²) in [6.45, 7) is 5.00. The van der Waals surface area contributed by atoms with Crippen LogP contribution >= 0.6 is 0 Å². The Morgan fingerprint density at radius 3 is 2.43 bits per heavy atom. The third-order valence-corrected chi connectivity index (χ3v) is 4.07. The fourth-order valence-electron chi connectivity index (χ4n) is 1.81. The molecule has 0 radical (unpaired) electrons. The molecule has 8 nitrogen and oxygen atoms in total. The summed E-state index contributed by atoms with van der Waals surface area (Å²) in [6.07, 6.45) is 1.91. The molecular formula is C14H31N2O6S+. The maximum Gasteiger partial charge on any atom is 0.407 e. The minimum atomic E-state index is -3.89. The van der Waals surface area contributed by atoms with Crippen LogP contribution in [0.3, 0.4) is 0 Å². The van der Waals surface area contributed by atoms with Crippen LogP contribution in [-0.2, 0) is 19.6 Å². The molecule has 0 aliphatic heterocycles. The number of rotatable bonds is 13. The predicted molar refractivity (Wildman–Crippen MR) is 88.0 cm³/mol. The normalized spacial score (nSPS) is 12.2. The molecule has 0 aliphatic rings. The molecule has 138 valence electrons. The van der Waals surface area contributed by atoms with Gasteiger partial charge in [-0.25, -0.2) is 4.79 Å². The Balaban J connectivity index is 3.60. The van der Waals surface area contributed by atoms with E-state index in [0.717, 1.165) is 12.8 Å². The Labute approximate surface area is 139 Å². The summed E-state index contributed by atoms with van der Waals surface area (Å²) in [6, 6.07) is 0. The highest BCUT2D eigenvalue weighted by atomic mass is 32.2. The second kappa shape index (κ2) is 11.6. The summed E-state index contributed by atoms with van der Waals surface area (Å²) in [5.74, 6) is -0.226. The van der Waals surface area contributed by atoms with Crippen LogP contribution in [0.5, 0.6) is 0 Å². The van der Waals surface area contributed by atoms with Gasteiger partial charge in [0, 0.05) is 13.0 Å². The van der Waals surface area contributed by atoms with Gasteiger partial charge in [0.25, 0.3) is 10.1 Å². The van der Waals surface area contributed by atoms with Gasteiger partial charge in [-0.3, -0.25) is 4.55 Å². The first-order chi connectivity index (χ1) is 10.7. The van der Waals surface area contributed by atoms with E-state index in [0.29, 0.717) is 43.8 Å². The van der Waals surface area contributed by atoms with Gasteiger partial charge in [-0.05, 0) is 6.42 Å². The van der Waals surface area contributed by atoms with Crippen LogP contribution in [0.15, 0.2) is 0 Å². The maximum absolute atomic E-state index is 11.2. The molecule has 0 aromatic heterocycles. The lowest BCUT2D eigenvalue weighted by Crippen LogP contribution is -2.43. The Bertz CT molecular complexity index is 425. The smallest absolute Gasteiger partial charge is 0.407 e. The third kappa shape index (κ3) is 15.8. The monoisotopic (exact) mass is 355 g/mol. The third-order valence-electron chi connectivity index (χ3n) is 3.27. The van der Waals surface area contributed by atoms with E-state index in [1.807, 2.05) is 21.0 Å². The zero-order chi connectivity index (χ0) is 17.8. The fourth-order valence-corrected chi connectivity index (χ4v) is 2.31. The van der Waals surface area contributed by atoms with Crippen LogP contribution in [-0.4, -0.2) is 82.8 Å². The number of carbonyl (C=O) groups excluding carboxylic acids is 1. The second-order valence-corrected chi connectivity index (χ2v) is 7.62. The summed E-state index contributed by atoms with van der Waals surface area (Å²) < 4.78 is 41.0. The van der Waals surface area contributed by atoms with E-state index in [4.69, 9.17) is 14.0 Å². The van der Waals surface area contributed by atoms with Crippen LogP contribution < -0.4 is 5.32 Å². The number of likely N-dealkylation sites (N-methyl/N-ethyl adjacent to an activating group) is 1. The molecule has 2 N–H and O–H groups in total. The molecule has 9 heteroatoms. The molecule has 0 aromatic carbocycles. The Kier molecular flexibility index (Phi) is 11.2. The van der Waals surface area contributed by atoms with Gasteiger partial charge < -0.3 is 19.3 Å². The summed E-state index contributed by atoms with van der Waals surface area (Å²) in [7, 11) is 0.0352. The largest absolute Gasteiger partial charge is 0.447 e. The van der Waals surface area contributed by atoms with Gasteiger partial charge in [-0.1, -0.05) is 13.3 Å². The number of quaternary nitrogens is 1. The minimum Gasteiger partial charge on any atom is -0.447 e. The van der Waals surface area contributed by atoms with E-state index in [2.05, 4.69) is 5.32 Å². The first-order valence-electron chi connectivity index (χ1n) is 7.92. The molecule has 23 heavy (non-hydrogen) atoms. The number of carbonyl (C=O) groups is 1. The van der Waals surface area contributed by atoms with Crippen molar-refractivity contribution in [2.75, 3.05) is 59.3 Å². The average Bonchev–Trinajstić information content (AvgIpc) is 2.41. The van der Waals surface area contributed by atoms with Crippen molar-refractivity contribution in [3.05, 3.63) is 0 Å². The lowest BCUT2D eigenvalue weighted by Gasteiger charge is -2.29. The van der Waals surface area contributed by atoms with E-state index in [-0.39, 0.29) is 12.4 Å². The SMILES string of the molecule is CCCCNC(=O)OCCOCC[N+](C)(C)CCCS(=O)(=O)O. The highest BCUT2D eigenvalue weighted by molar-refractivity contribution is 7.85. The highest BCUT2D eigenvalue weighted by Crippen LogP contribution is 2.01. The van der Waals surface area contributed by atoms with Crippen molar-refractivity contribution in [1.29, 1.82) is 0 Å². The van der Waals surface area contributed by atoms with Crippen molar-refractivity contribution in [2.24, 2.45) is 0 Å². The number of unbranched alkanes of at least 4 members (excludes halogenated alkanes) is 1. The molecular weight excluding hydrogens is 324 g/mol. The Hall–Kier alpha value is -0.900. The van der Waals surface area contributed by atoms with Crippen molar-refractivity contribution in [3.8, 4) is 0 Å².